The summed E-state index contributed by atoms with van der Waals surface area (Å²) in [7, 11) is 0. The zero-order chi connectivity index (χ0) is 15.4. The van der Waals surface area contributed by atoms with Crippen molar-refractivity contribution >= 4 is 11.9 Å². The molecule has 5 atom stereocenters. The molecular weight excluding hydrogens is 487 g/mol. The summed E-state index contributed by atoms with van der Waals surface area (Å²) in [4.78, 5) is 15.2. The van der Waals surface area contributed by atoms with Crippen LogP contribution >= 0.6 is 0 Å². The number of carbonyl (C=O) groups is 1. The molecule has 0 spiro atoms. The Morgan fingerprint density at radius 3 is 2.29 bits per heavy atom. The van der Waals surface area contributed by atoms with E-state index in [9.17, 15) is 9.90 Å². The average molecular weight is 512 g/mol. The average Bonchev–Trinajstić information content (AvgIpc) is 2.66. The van der Waals surface area contributed by atoms with E-state index in [0.717, 1.165) is 12.8 Å². The Balaban J connectivity index is 0.00000400. The van der Waals surface area contributed by atoms with Gasteiger partial charge in [-0.2, -0.15) is 0 Å². The normalized spacial score (nSPS) is 29.8. The van der Waals surface area contributed by atoms with Crippen LogP contribution in [0, 0.1) is 61.8 Å². The topological polar surface area (TPSA) is 146 Å². The van der Waals surface area contributed by atoms with Crippen molar-refractivity contribution < 1.29 is 59.1 Å². The van der Waals surface area contributed by atoms with Crippen molar-refractivity contribution in [2.24, 2.45) is 34.2 Å². The smallest absolute Gasteiger partial charge is 0.309 e. The number of hydrogen-bond donors (Lipinski definition) is 4. The van der Waals surface area contributed by atoms with Gasteiger partial charge < -0.3 is 27.4 Å². The predicted octanol–water partition coefficient (Wildman–Crippen LogP) is 0.567. The first kappa shape index (κ1) is 21.1. The molecule has 0 bridgehead atoms. The van der Waals surface area contributed by atoms with Crippen molar-refractivity contribution in [1.29, 1.82) is 0 Å². The van der Waals surface area contributed by atoms with Gasteiger partial charge in [-0.3, -0.25) is 4.79 Å². The van der Waals surface area contributed by atoms with E-state index in [1.807, 2.05) is 13.8 Å². The molecule has 1 unspecified atom stereocenters. The molecule has 21 heavy (non-hydrogen) atoms. The van der Waals surface area contributed by atoms with Crippen molar-refractivity contribution in [3.63, 3.8) is 0 Å². The number of aliphatic hydroxyl groups is 1. The summed E-state index contributed by atoms with van der Waals surface area (Å²) in [5.41, 5.74) is 19.1. The van der Waals surface area contributed by atoms with Gasteiger partial charge in [0, 0.05) is 44.1 Å². The van der Waals surface area contributed by atoms with Gasteiger partial charge in [0.05, 0.1) is 18.1 Å². The second-order valence-corrected chi connectivity index (χ2v) is 5.47. The molecule has 0 aromatic heterocycles. The molecule has 8 heteroatoms. The predicted molar refractivity (Wildman–Crippen MR) is 77.0 cm³/mol. The van der Waals surface area contributed by atoms with Crippen molar-refractivity contribution in [2.75, 3.05) is 0 Å². The fourth-order valence-corrected chi connectivity index (χ4v) is 3.19. The van der Waals surface area contributed by atoms with E-state index in [1.165, 1.54) is 0 Å². The Morgan fingerprint density at radius 1 is 1.38 bits per heavy atom. The number of guanidine groups is 1. The number of carboxylic acids is 1. The molecule has 1 radical (unpaired) electrons. The Hall–Kier alpha value is 0.102. The minimum atomic E-state index is -1.08. The number of nitrogens with two attached hydrogens (primary N) is 2. The number of rotatable bonds is 6. The maximum atomic E-state index is 11.2. The maximum absolute atomic E-state index is 11.2. The summed E-state index contributed by atoms with van der Waals surface area (Å²) < 4.78 is 0. The maximum Gasteiger partial charge on any atom is 0.309 e. The van der Waals surface area contributed by atoms with E-state index in [1.54, 1.807) is 0 Å². The van der Waals surface area contributed by atoms with Crippen LogP contribution in [0.25, 0.3) is 5.73 Å². The summed E-state index contributed by atoms with van der Waals surface area (Å²) in [5.74, 6) is -2.54. The quantitative estimate of drug-likeness (QED) is 0.304. The molecule has 0 aliphatic heterocycles. The Labute approximate surface area is 161 Å². The standard InChI is InChI=1S/C13H25N4O3.Ac/c1-3-6(4-2)10(14)9-8(17-13(15)16)5-7(11(9)18)12(19)20;/h6-11,14,18H,3-5H2,1-2H3,(H,19,20)(H4,15,16,17);/q-1;/t7-,8+,9+,10?,11+;/m0./s1. The van der Waals surface area contributed by atoms with E-state index < -0.39 is 36.0 Å². The second-order valence-electron chi connectivity index (χ2n) is 5.47. The second kappa shape index (κ2) is 9.29. The van der Waals surface area contributed by atoms with Gasteiger partial charge in [-0.1, -0.05) is 32.6 Å². The molecule has 0 aromatic carbocycles. The molecule has 1 rings (SSSR count). The Bertz CT molecular complexity index is 372. The van der Waals surface area contributed by atoms with E-state index in [4.69, 9.17) is 22.3 Å². The Kier molecular flexibility index (Phi) is 9.33. The van der Waals surface area contributed by atoms with Crippen molar-refractivity contribution in [3.8, 4) is 0 Å². The van der Waals surface area contributed by atoms with Crippen LogP contribution in [0.5, 0.6) is 0 Å². The van der Waals surface area contributed by atoms with Crippen LogP contribution in [-0.4, -0.2) is 40.3 Å². The van der Waals surface area contributed by atoms with Gasteiger partial charge >= 0.3 is 5.97 Å². The molecule has 0 aromatic rings. The number of nitrogens with zero attached hydrogens (tertiary/aromatic N) is 1. The van der Waals surface area contributed by atoms with Gasteiger partial charge in [0.1, 0.15) is 0 Å². The first-order valence-corrected chi connectivity index (χ1v) is 7.04. The van der Waals surface area contributed by atoms with Crippen LogP contribution in [-0.2, 0) is 4.79 Å². The largest absolute Gasteiger partial charge is 0.674 e. The first-order chi connectivity index (χ1) is 9.33. The molecule has 0 saturated heterocycles. The molecule has 1 aliphatic rings. The van der Waals surface area contributed by atoms with Crippen LogP contribution in [0.3, 0.4) is 0 Å². The van der Waals surface area contributed by atoms with E-state index in [0.29, 0.717) is 0 Å². The summed E-state index contributed by atoms with van der Waals surface area (Å²) >= 11 is 0. The molecule has 1 saturated carbocycles. The van der Waals surface area contributed by atoms with Crippen molar-refractivity contribution in [2.45, 2.75) is 51.3 Å². The number of aliphatic carboxylic acids is 1. The monoisotopic (exact) mass is 512 g/mol. The fourth-order valence-electron chi connectivity index (χ4n) is 3.19. The van der Waals surface area contributed by atoms with Gasteiger partial charge in [0.15, 0.2) is 5.96 Å². The zero-order valence-electron chi connectivity index (χ0n) is 12.6. The number of aliphatic hydroxyl groups excluding tert-OH is 1. The SMILES string of the molecule is CCC(CC)C([NH-])[C@@H]1[C@H](O)[C@@H](C(=O)O)C[C@H]1N=C(N)N.[Ac]. The minimum absolute atomic E-state index is 0. The summed E-state index contributed by atoms with van der Waals surface area (Å²) in [5, 5.41) is 19.4. The van der Waals surface area contributed by atoms with Crippen LogP contribution < -0.4 is 11.5 Å². The zero-order valence-corrected chi connectivity index (χ0v) is 17.3. The van der Waals surface area contributed by atoms with Gasteiger partial charge in [-0.05, 0) is 12.3 Å². The summed E-state index contributed by atoms with van der Waals surface area (Å²) in [6, 6.07) is -1.07. The third-order valence-corrected chi connectivity index (χ3v) is 4.35. The van der Waals surface area contributed by atoms with Crippen LogP contribution in [0.2, 0.25) is 0 Å². The number of hydrogen-bond acceptors (Lipinski definition) is 3. The number of carboxylic acid groups (broad SMARTS) is 1. The minimum Gasteiger partial charge on any atom is -0.674 e. The molecule has 119 valence electrons. The Morgan fingerprint density at radius 2 is 1.90 bits per heavy atom. The molecule has 7 N–H and O–H groups in total. The fraction of sp³-hybridized carbons (Fsp3) is 0.846. The third kappa shape index (κ3) is 5.05. The van der Waals surface area contributed by atoms with Gasteiger partial charge in [-0.15, -0.1) is 6.04 Å². The number of nitrogens with one attached hydrogen (secondary N) is 1. The molecule has 7 nitrogen and oxygen atoms in total. The van der Waals surface area contributed by atoms with Crippen LogP contribution in [0.15, 0.2) is 4.99 Å². The molecular formula is C13H25AcN4O3-. The van der Waals surface area contributed by atoms with Gasteiger partial charge in [0.25, 0.3) is 0 Å². The van der Waals surface area contributed by atoms with Gasteiger partial charge in [0.2, 0.25) is 0 Å². The molecule has 0 heterocycles. The van der Waals surface area contributed by atoms with Crippen molar-refractivity contribution in [3.05, 3.63) is 5.73 Å². The van der Waals surface area contributed by atoms with Crippen molar-refractivity contribution in [1.82, 2.24) is 0 Å². The third-order valence-electron chi connectivity index (χ3n) is 4.35. The van der Waals surface area contributed by atoms with Crippen LogP contribution in [0.1, 0.15) is 33.1 Å². The molecule has 0 amide bonds. The summed E-state index contributed by atoms with van der Waals surface area (Å²) in [6.07, 6.45) is 0.707. The number of aliphatic imine (C=N–C) groups is 1. The molecule has 1 fully saturated rings. The van der Waals surface area contributed by atoms with Gasteiger partial charge in [-0.25, -0.2) is 4.99 Å². The van der Waals surface area contributed by atoms with E-state index >= 15 is 0 Å². The van der Waals surface area contributed by atoms with Crippen LogP contribution in [0.4, 0.5) is 0 Å². The first-order valence-electron chi connectivity index (χ1n) is 7.04. The van der Waals surface area contributed by atoms with E-state index in [2.05, 4.69) is 4.99 Å². The molecule has 1 aliphatic carbocycles. The van der Waals surface area contributed by atoms with E-state index in [-0.39, 0.29) is 62.4 Å². The summed E-state index contributed by atoms with van der Waals surface area (Å²) in [6.45, 7) is 3.97.